The minimum Gasteiger partial charge on any atom is -0.361 e. The van der Waals surface area contributed by atoms with Crippen LogP contribution in [0.25, 0.3) is 10.9 Å². The summed E-state index contributed by atoms with van der Waals surface area (Å²) in [5.74, 6) is 0.846. The predicted octanol–water partition coefficient (Wildman–Crippen LogP) is 2.75. The molecule has 0 bridgehead atoms. The predicted molar refractivity (Wildman–Crippen MR) is 70.1 cm³/mol. The van der Waals surface area contributed by atoms with E-state index in [0.29, 0.717) is 6.54 Å². The molecule has 0 amide bonds. The molecule has 0 radical (unpaired) electrons. The van der Waals surface area contributed by atoms with Gasteiger partial charge in [0.1, 0.15) is 5.76 Å². The van der Waals surface area contributed by atoms with Crippen LogP contribution in [0.15, 0.2) is 41.1 Å². The lowest BCUT2D eigenvalue weighted by Gasteiger charge is -2.04. The standard InChI is InChI=1S/C14H15N3O/c1-10-7-13(17-18-10)9-15-8-12-4-2-3-11-5-6-16-14(11)12/h2-7,15-16H,8-9H2,1H3. The summed E-state index contributed by atoms with van der Waals surface area (Å²) in [6.45, 7) is 3.42. The maximum absolute atomic E-state index is 5.03. The van der Waals surface area contributed by atoms with Crippen molar-refractivity contribution in [2.45, 2.75) is 20.0 Å². The van der Waals surface area contributed by atoms with E-state index >= 15 is 0 Å². The number of fused-ring (bicyclic) bond motifs is 1. The molecule has 0 fully saturated rings. The van der Waals surface area contributed by atoms with Crippen LogP contribution < -0.4 is 5.32 Å². The quantitative estimate of drug-likeness (QED) is 0.738. The first kappa shape index (κ1) is 11.0. The van der Waals surface area contributed by atoms with Crippen LogP contribution in [0.3, 0.4) is 0 Å². The Morgan fingerprint density at radius 3 is 3.06 bits per heavy atom. The number of nitrogens with zero attached hydrogens (tertiary/aromatic N) is 1. The Kier molecular flexibility index (Phi) is 2.86. The van der Waals surface area contributed by atoms with Crippen LogP contribution in [0, 0.1) is 6.92 Å². The van der Waals surface area contributed by atoms with Crippen molar-refractivity contribution in [3.63, 3.8) is 0 Å². The van der Waals surface area contributed by atoms with Gasteiger partial charge in [0.2, 0.25) is 0 Å². The molecule has 1 aromatic carbocycles. The molecule has 0 aliphatic rings. The van der Waals surface area contributed by atoms with E-state index in [1.54, 1.807) is 0 Å². The molecule has 2 aromatic heterocycles. The molecule has 18 heavy (non-hydrogen) atoms. The van der Waals surface area contributed by atoms with Crippen LogP contribution in [0.2, 0.25) is 0 Å². The van der Waals surface area contributed by atoms with Crippen LogP contribution in [0.1, 0.15) is 17.0 Å². The van der Waals surface area contributed by atoms with Gasteiger partial charge in [-0.2, -0.15) is 0 Å². The van der Waals surface area contributed by atoms with Gasteiger partial charge >= 0.3 is 0 Å². The van der Waals surface area contributed by atoms with Gasteiger partial charge in [-0.3, -0.25) is 0 Å². The highest BCUT2D eigenvalue weighted by molar-refractivity contribution is 5.82. The fraction of sp³-hybridized carbons (Fsp3) is 0.214. The van der Waals surface area contributed by atoms with Gasteiger partial charge in [-0.25, -0.2) is 0 Å². The van der Waals surface area contributed by atoms with E-state index in [9.17, 15) is 0 Å². The highest BCUT2D eigenvalue weighted by atomic mass is 16.5. The number of nitrogens with one attached hydrogen (secondary N) is 2. The third kappa shape index (κ3) is 2.15. The molecule has 2 heterocycles. The Balaban J connectivity index is 1.68. The summed E-state index contributed by atoms with van der Waals surface area (Å²) in [4.78, 5) is 3.27. The minimum absolute atomic E-state index is 0.717. The lowest BCUT2D eigenvalue weighted by atomic mass is 10.1. The Morgan fingerprint density at radius 2 is 2.22 bits per heavy atom. The number of H-pyrrole nitrogens is 1. The molecule has 0 aliphatic heterocycles. The van der Waals surface area contributed by atoms with Crippen molar-refractivity contribution in [2.24, 2.45) is 0 Å². The SMILES string of the molecule is Cc1cc(CNCc2cccc3cc[nH]c23)no1. The highest BCUT2D eigenvalue weighted by Crippen LogP contribution is 2.16. The molecular weight excluding hydrogens is 226 g/mol. The maximum Gasteiger partial charge on any atom is 0.133 e. The van der Waals surface area contributed by atoms with Crippen LogP contribution in [0.4, 0.5) is 0 Å². The average Bonchev–Trinajstić information content (AvgIpc) is 2.98. The van der Waals surface area contributed by atoms with Gasteiger partial charge in [-0.05, 0) is 23.9 Å². The molecule has 0 saturated carbocycles. The highest BCUT2D eigenvalue weighted by Gasteiger charge is 2.03. The second-order valence-electron chi connectivity index (χ2n) is 4.39. The van der Waals surface area contributed by atoms with Crippen molar-refractivity contribution in [1.29, 1.82) is 0 Å². The summed E-state index contributed by atoms with van der Waals surface area (Å²) in [5, 5.41) is 8.57. The summed E-state index contributed by atoms with van der Waals surface area (Å²) >= 11 is 0. The third-order valence-corrected chi connectivity index (χ3v) is 2.97. The number of para-hydroxylation sites is 1. The zero-order valence-electron chi connectivity index (χ0n) is 10.2. The zero-order chi connectivity index (χ0) is 12.4. The first-order valence-corrected chi connectivity index (χ1v) is 6.01. The number of aryl methyl sites for hydroxylation is 1. The molecule has 92 valence electrons. The Hall–Kier alpha value is -2.07. The Labute approximate surface area is 105 Å². The molecule has 2 N–H and O–H groups in total. The fourth-order valence-electron chi connectivity index (χ4n) is 2.12. The Bertz CT molecular complexity index is 654. The van der Waals surface area contributed by atoms with Crippen molar-refractivity contribution in [3.05, 3.63) is 53.5 Å². The fourth-order valence-corrected chi connectivity index (χ4v) is 2.12. The van der Waals surface area contributed by atoms with Crippen molar-refractivity contribution < 1.29 is 4.52 Å². The van der Waals surface area contributed by atoms with Crippen molar-refractivity contribution >= 4 is 10.9 Å². The van der Waals surface area contributed by atoms with Gasteiger partial charge in [0.05, 0.1) is 5.69 Å². The summed E-state index contributed by atoms with van der Waals surface area (Å²) in [7, 11) is 0. The molecule has 3 rings (SSSR count). The van der Waals surface area contributed by atoms with E-state index in [1.807, 2.05) is 19.2 Å². The maximum atomic E-state index is 5.03. The monoisotopic (exact) mass is 241 g/mol. The van der Waals surface area contributed by atoms with Crippen LogP contribution in [-0.4, -0.2) is 10.1 Å². The molecule has 4 heteroatoms. The molecule has 0 aliphatic carbocycles. The average molecular weight is 241 g/mol. The summed E-state index contributed by atoms with van der Waals surface area (Å²) in [6, 6.07) is 10.3. The molecule has 0 spiro atoms. The van der Waals surface area contributed by atoms with Gasteiger partial charge in [-0.15, -0.1) is 0 Å². The normalized spacial score (nSPS) is 11.2. The smallest absolute Gasteiger partial charge is 0.133 e. The number of benzene rings is 1. The van der Waals surface area contributed by atoms with Crippen molar-refractivity contribution in [1.82, 2.24) is 15.5 Å². The van der Waals surface area contributed by atoms with E-state index in [2.05, 4.69) is 39.7 Å². The number of aromatic nitrogens is 2. The largest absolute Gasteiger partial charge is 0.361 e. The molecular formula is C14H15N3O. The summed E-state index contributed by atoms with van der Waals surface area (Å²) < 4.78 is 5.03. The second-order valence-corrected chi connectivity index (χ2v) is 4.39. The van der Waals surface area contributed by atoms with Gasteiger partial charge in [-0.1, -0.05) is 23.4 Å². The van der Waals surface area contributed by atoms with E-state index in [4.69, 9.17) is 4.52 Å². The van der Waals surface area contributed by atoms with Gasteiger partial charge in [0, 0.05) is 30.9 Å². The molecule has 4 nitrogen and oxygen atoms in total. The van der Waals surface area contributed by atoms with Gasteiger partial charge in [0.15, 0.2) is 0 Å². The van der Waals surface area contributed by atoms with Crippen molar-refractivity contribution in [3.8, 4) is 0 Å². The molecule has 0 saturated heterocycles. The zero-order valence-corrected chi connectivity index (χ0v) is 10.2. The van der Waals surface area contributed by atoms with Crippen LogP contribution in [0.5, 0.6) is 0 Å². The summed E-state index contributed by atoms with van der Waals surface area (Å²) in [5.41, 5.74) is 3.39. The van der Waals surface area contributed by atoms with Gasteiger partial charge in [0.25, 0.3) is 0 Å². The van der Waals surface area contributed by atoms with E-state index in [-0.39, 0.29) is 0 Å². The lowest BCUT2D eigenvalue weighted by Crippen LogP contribution is -2.13. The van der Waals surface area contributed by atoms with E-state index in [0.717, 1.165) is 18.0 Å². The molecule has 0 atom stereocenters. The minimum atomic E-state index is 0.717. The van der Waals surface area contributed by atoms with Crippen LogP contribution in [-0.2, 0) is 13.1 Å². The number of hydrogen-bond donors (Lipinski definition) is 2. The second kappa shape index (κ2) is 4.66. The first-order chi connectivity index (χ1) is 8.83. The topological polar surface area (TPSA) is 53.9 Å². The molecule has 0 unspecified atom stereocenters. The van der Waals surface area contributed by atoms with E-state index < -0.39 is 0 Å². The number of aromatic amines is 1. The summed E-state index contributed by atoms with van der Waals surface area (Å²) in [6.07, 6.45) is 1.97. The van der Waals surface area contributed by atoms with Gasteiger partial charge < -0.3 is 14.8 Å². The van der Waals surface area contributed by atoms with Crippen LogP contribution >= 0.6 is 0 Å². The van der Waals surface area contributed by atoms with E-state index in [1.165, 1.54) is 16.5 Å². The third-order valence-electron chi connectivity index (χ3n) is 2.97. The first-order valence-electron chi connectivity index (χ1n) is 6.01. The number of hydrogen-bond acceptors (Lipinski definition) is 3. The Morgan fingerprint density at radius 1 is 1.28 bits per heavy atom. The number of rotatable bonds is 4. The lowest BCUT2D eigenvalue weighted by molar-refractivity contribution is 0.388. The van der Waals surface area contributed by atoms with Crippen molar-refractivity contribution in [2.75, 3.05) is 0 Å². The molecule has 3 aromatic rings.